The standard InChI is InChI=1S/C31H33N3O5/c1-37-26-14-21(15-27(38-2)29(26)39-3)17-34-30(35)24-10-7-11-25(28(24)31(34)36)32-18-22-12-13-23(19-32)33(22)16-20-8-5-4-6-9-20/h4-11,14-15,22-23H,12-13,16-19H2,1-3H3. The summed E-state index contributed by atoms with van der Waals surface area (Å²) in [5.41, 5.74) is 3.86. The van der Waals surface area contributed by atoms with Crippen molar-refractivity contribution in [3.63, 3.8) is 0 Å². The minimum absolute atomic E-state index is 0.110. The Bertz CT molecular complexity index is 1370. The third-order valence-corrected chi connectivity index (χ3v) is 8.22. The highest BCUT2D eigenvalue weighted by molar-refractivity contribution is 6.23. The Morgan fingerprint density at radius 3 is 2.03 bits per heavy atom. The quantitative estimate of drug-likeness (QED) is 0.403. The Kier molecular flexibility index (Phi) is 6.64. The summed E-state index contributed by atoms with van der Waals surface area (Å²) < 4.78 is 16.3. The van der Waals surface area contributed by atoms with E-state index in [1.54, 1.807) is 39.5 Å². The van der Waals surface area contributed by atoms with Crippen LogP contribution in [-0.4, -0.2) is 68.1 Å². The van der Waals surface area contributed by atoms with Crippen molar-refractivity contribution in [1.29, 1.82) is 0 Å². The molecule has 0 saturated carbocycles. The largest absolute Gasteiger partial charge is 0.493 e. The number of nitrogens with zero attached hydrogens (tertiary/aromatic N) is 3. The van der Waals surface area contributed by atoms with Crippen LogP contribution in [0.15, 0.2) is 60.7 Å². The molecule has 3 aromatic rings. The second-order valence-corrected chi connectivity index (χ2v) is 10.4. The van der Waals surface area contributed by atoms with Crippen LogP contribution in [0.3, 0.4) is 0 Å². The summed E-state index contributed by atoms with van der Waals surface area (Å²) in [7, 11) is 4.63. The van der Waals surface area contributed by atoms with Crippen LogP contribution in [0, 0.1) is 0 Å². The number of carbonyl (C=O) groups is 2. The summed E-state index contributed by atoms with van der Waals surface area (Å²) in [6, 6.07) is 20.6. The van der Waals surface area contributed by atoms with Crippen molar-refractivity contribution >= 4 is 17.5 Å². The van der Waals surface area contributed by atoms with E-state index in [1.807, 2.05) is 12.1 Å². The topological polar surface area (TPSA) is 71.6 Å². The van der Waals surface area contributed by atoms with E-state index < -0.39 is 0 Å². The number of rotatable bonds is 8. The van der Waals surface area contributed by atoms with Crippen LogP contribution in [0.5, 0.6) is 17.2 Å². The molecule has 202 valence electrons. The minimum Gasteiger partial charge on any atom is -0.493 e. The molecule has 3 heterocycles. The lowest BCUT2D eigenvalue weighted by Gasteiger charge is -2.42. The summed E-state index contributed by atoms with van der Waals surface area (Å²) in [6.45, 7) is 2.73. The highest BCUT2D eigenvalue weighted by atomic mass is 16.5. The van der Waals surface area contributed by atoms with Gasteiger partial charge in [-0.2, -0.15) is 0 Å². The van der Waals surface area contributed by atoms with Crippen molar-refractivity contribution in [2.24, 2.45) is 0 Å². The fraction of sp³-hybridized carbons (Fsp3) is 0.355. The van der Waals surface area contributed by atoms with Gasteiger partial charge in [0, 0.05) is 31.7 Å². The molecular weight excluding hydrogens is 494 g/mol. The maximum Gasteiger partial charge on any atom is 0.263 e. The fourth-order valence-electron chi connectivity index (χ4n) is 6.37. The van der Waals surface area contributed by atoms with E-state index in [2.05, 4.69) is 40.1 Å². The lowest BCUT2D eigenvalue weighted by Crippen LogP contribution is -2.53. The second-order valence-electron chi connectivity index (χ2n) is 10.4. The van der Waals surface area contributed by atoms with E-state index in [9.17, 15) is 9.59 Å². The van der Waals surface area contributed by atoms with Crippen LogP contribution in [-0.2, 0) is 13.1 Å². The third kappa shape index (κ3) is 4.38. The highest BCUT2D eigenvalue weighted by Gasteiger charge is 2.43. The Morgan fingerprint density at radius 1 is 0.744 bits per heavy atom. The number of carbonyl (C=O) groups excluding carboxylic acids is 2. The van der Waals surface area contributed by atoms with Gasteiger partial charge in [-0.05, 0) is 48.2 Å². The molecule has 2 fully saturated rings. The number of methoxy groups -OCH3 is 3. The average Bonchev–Trinajstić information content (AvgIpc) is 3.33. The molecule has 2 atom stereocenters. The van der Waals surface area contributed by atoms with Crippen molar-refractivity contribution in [3.05, 3.63) is 82.9 Å². The fourth-order valence-corrected chi connectivity index (χ4v) is 6.37. The number of piperazine rings is 1. The van der Waals surface area contributed by atoms with Crippen LogP contribution in [0.25, 0.3) is 0 Å². The van der Waals surface area contributed by atoms with Gasteiger partial charge in [0.15, 0.2) is 11.5 Å². The molecule has 39 heavy (non-hydrogen) atoms. The Balaban J connectivity index is 1.25. The molecule has 0 spiro atoms. The van der Waals surface area contributed by atoms with Crippen molar-refractivity contribution in [2.45, 2.75) is 38.0 Å². The molecule has 8 nitrogen and oxygen atoms in total. The zero-order chi connectivity index (χ0) is 27.1. The maximum atomic E-state index is 13.8. The van der Waals surface area contributed by atoms with Gasteiger partial charge in [-0.1, -0.05) is 36.4 Å². The zero-order valence-electron chi connectivity index (χ0n) is 22.6. The first-order chi connectivity index (χ1) is 19.0. The van der Waals surface area contributed by atoms with E-state index in [0.717, 1.165) is 38.2 Å². The van der Waals surface area contributed by atoms with Crippen molar-refractivity contribution in [1.82, 2.24) is 9.80 Å². The van der Waals surface area contributed by atoms with Gasteiger partial charge in [-0.15, -0.1) is 0 Å². The number of imide groups is 1. The Morgan fingerprint density at radius 2 is 1.41 bits per heavy atom. The number of ether oxygens (including phenoxy) is 3. The highest BCUT2D eigenvalue weighted by Crippen LogP contribution is 2.41. The molecule has 3 aliphatic rings. The molecule has 0 aliphatic carbocycles. The van der Waals surface area contributed by atoms with Crippen LogP contribution >= 0.6 is 0 Å². The third-order valence-electron chi connectivity index (χ3n) is 8.22. The number of hydrogen-bond acceptors (Lipinski definition) is 7. The normalized spacial score (nSPS) is 20.4. The molecule has 6 rings (SSSR count). The van der Waals surface area contributed by atoms with Crippen LogP contribution in [0.2, 0.25) is 0 Å². The van der Waals surface area contributed by atoms with Crippen LogP contribution in [0.4, 0.5) is 5.69 Å². The molecule has 2 bridgehead atoms. The van der Waals surface area contributed by atoms with E-state index in [-0.39, 0.29) is 18.4 Å². The first-order valence-electron chi connectivity index (χ1n) is 13.3. The average molecular weight is 528 g/mol. The van der Waals surface area contributed by atoms with Gasteiger partial charge in [0.1, 0.15) is 0 Å². The number of amides is 2. The molecule has 8 heteroatoms. The summed E-state index contributed by atoms with van der Waals surface area (Å²) in [5, 5.41) is 0. The predicted molar refractivity (Wildman–Crippen MR) is 148 cm³/mol. The monoisotopic (exact) mass is 527 g/mol. The number of hydrogen-bond donors (Lipinski definition) is 0. The van der Waals surface area contributed by atoms with Crippen LogP contribution < -0.4 is 19.1 Å². The van der Waals surface area contributed by atoms with E-state index in [4.69, 9.17) is 14.2 Å². The minimum atomic E-state index is -0.281. The van der Waals surface area contributed by atoms with Crippen LogP contribution in [0.1, 0.15) is 44.7 Å². The molecule has 2 unspecified atom stereocenters. The predicted octanol–water partition coefficient (Wildman–Crippen LogP) is 4.36. The number of benzene rings is 3. The first kappa shape index (κ1) is 25.2. The first-order valence-corrected chi connectivity index (χ1v) is 13.3. The van der Waals surface area contributed by atoms with Crippen molar-refractivity contribution in [2.75, 3.05) is 39.3 Å². The lowest BCUT2D eigenvalue weighted by molar-refractivity contribution is 0.0642. The molecule has 2 amide bonds. The van der Waals surface area contributed by atoms with Gasteiger partial charge in [0.05, 0.1) is 44.7 Å². The summed E-state index contributed by atoms with van der Waals surface area (Å²) >= 11 is 0. The molecule has 3 aliphatic heterocycles. The summed E-state index contributed by atoms with van der Waals surface area (Å²) in [5.74, 6) is 0.880. The molecule has 3 aromatic carbocycles. The molecule has 0 N–H and O–H groups in total. The number of anilines is 1. The van der Waals surface area contributed by atoms with Gasteiger partial charge >= 0.3 is 0 Å². The van der Waals surface area contributed by atoms with E-state index >= 15 is 0 Å². The molecule has 2 saturated heterocycles. The van der Waals surface area contributed by atoms with Gasteiger partial charge < -0.3 is 19.1 Å². The molecule has 0 radical (unpaired) electrons. The Labute approximate surface area is 228 Å². The molecular formula is C31H33N3O5. The van der Waals surface area contributed by atoms with E-state index in [0.29, 0.717) is 46.0 Å². The number of fused-ring (bicyclic) bond motifs is 3. The van der Waals surface area contributed by atoms with E-state index in [1.165, 1.54) is 10.5 Å². The van der Waals surface area contributed by atoms with Gasteiger partial charge in [-0.25, -0.2) is 0 Å². The van der Waals surface area contributed by atoms with Gasteiger partial charge in [-0.3, -0.25) is 19.4 Å². The molecule has 0 aromatic heterocycles. The smallest absolute Gasteiger partial charge is 0.263 e. The zero-order valence-corrected chi connectivity index (χ0v) is 22.6. The van der Waals surface area contributed by atoms with Gasteiger partial charge in [0.2, 0.25) is 5.75 Å². The SMILES string of the molecule is COc1cc(CN2C(=O)c3cccc(N4CC5CCC(C4)N5Cc4ccccc4)c3C2=O)cc(OC)c1OC. The lowest BCUT2D eigenvalue weighted by atomic mass is 10.0. The van der Waals surface area contributed by atoms with Crippen molar-refractivity contribution < 1.29 is 23.8 Å². The Hall–Kier alpha value is -4.04. The van der Waals surface area contributed by atoms with Crippen molar-refractivity contribution in [3.8, 4) is 17.2 Å². The second kappa shape index (κ2) is 10.3. The summed E-state index contributed by atoms with van der Waals surface area (Å²) in [6.07, 6.45) is 2.28. The maximum absolute atomic E-state index is 13.8. The summed E-state index contributed by atoms with van der Waals surface area (Å²) in [4.78, 5) is 33.5. The van der Waals surface area contributed by atoms with Gasteiger partial charge in [0.25, 0.3) is 11.8 Å².